The number of hydrogen-bond donors (Lipinski definition) is 2. The van der Waals surface area contributed by atoms with Gasteiger partial charge in [-0.2, -0.15) is 0 Å². The third-order valence-corrected chi connectivity index (χ3v) is 4.68. The molecular formula is C20H21N3O2. The van der Waals surface area contributed by atoms with Gasteiger partial charge in [-0.15, -0.1) is 0 Å². The quantitative estimate of drug-likeness (QED) is 0.769. The summed E-state index contributed by atoms with van der Waals surface area (Å²) in [6.45, 7) is 1.92. The van der Waals surface area contributed by atoms with E-state index >= 15 is 0 Å². The second-order valence-corrected chi connectivity index (χ2v) is 6.40. The highest BCUT2D eigenvalue weighted by molar-refractivity contribution is 5.79. The molecule has 1 fully saturated rings. The van der Waals surface area contributed by atoms with Gasteiger partial charge in [-0.05, 0) is 30.5 Å². The van der Waals surface area contributed by atoms with Crippen LogP contribution in [0.4, 0.5) is 0 Å². The molecule has 1 amide bonds. The molecule has 3 aromatic rings. The molecule has 4 rings (SSSR count). The number of amides is 1. The van der Waals surface area contributed by atoms with Crippen molar-refractivity contribution in [1.29, 1.82) is 0 Å². The molecule has 0 spiro atoms. The van der Waals surface area contributed by atoms with Crippen LogP contribution in [-0.4, -0.2) is 29.1 Å². The Bertz CT molecular complexity index is 831. The van der Waals surface area contributed by atoms with Crippen LogP contribution >= 0.6 is 0 Å². The van der Waals surface area contributed by atoms with E-state index in [1.165, 1.54) is 0 Å². The first-order chi connectivity index (χ1) is 12.3. The van der Waals surface area contributed by atoms with Gasteiger partial charge in [0, 0.05) is 31.2 Å². The SMILES string of the molecule is O=C(NCc1ccc(-c2nc3ccccc3[nH]2)cc1)C1CCOCC1. The summed E-state index contributed by atoms with van der Waals surface area (Å²) in [4.78, 5) is 20.1. The van der Waals surface area contributed by atoms with Gasteiger partial charge in [-0.1, -0.05) is 36.4 Å². The molecule has 1 aliphatic heterocycles. The molecule has 0 aliphatic carbocycles. The summed E-state index contributed by atoms with van der Waals surface area (Å²) in [5.74, 6) is 1.08. The number of nitrogens with zero attached hydrogens (tertiary/aromatic N) is 1. The minimum absolute atomic E-state index is 0.0866. The fourth-order valence-corrected chi connectivity index (χ4v) is 3.16. The maximum absolute atomic E-state index is 12.2. The van der Waals surface area contributed by atoms with Gasteiger partial charge in [0.05, 0.1) is 11.0 Å². The molecule has 2 heterocycles. The summed E-state index contributed by atoms with van der Waals surface area (Å²) in [7, 11) is 0. The fraction of sp³-hybridized carbons (Fsp3) is 0.300. The van der Waals surface area contributed by atoms with Gasteiger partial charge in [0.1, 0.15) is 5.82 Å². The number of H-pyrrole nitrogens is 1. The topological polar surface area (TPSA) is 67.0 Å². The normalized spacial score (nSPS) is 15.4. The Labute approximate surface area is 146 Å². The smallest absolute Gasteiger partial charge is 0.223 e. The third-order valence-electron chi connectivity index (χ3n) is 4.68. The molecule has 0 unspecified atom stereocenters. The Kier molecular flexibility index (Phi) is 4.48. The number of para-hydroxylation sites is 2. The first-order valence-corrected chi connectivity index (χ1v) is 8.69. The second kappa shape index (κ2) is 7.07. The predicted molar refractivity (Wildman–Crippen MR) is 96.9 cm³/mol. The zero-order chi connectivity index (χ0) is 17.1. The van der Waals surface area contributed by atoms with Gasteiger partial charge < -0.3 is 15.0 Å². The summed E-state index contributed by atoms with van der Waals surface area (Å²) in [6.07, 6.45) is 1.63. The Balaban J connectivity index is 1.40. The Morgan fingerprint density at radius 1 is 1.12 bits per heavy atom. The molecule has 2 aromatic carbocycles. The van der Waals surface area contributed by atoms with E-state index in [0.29, 0.717) is 19.8 Å². The number of carbonyl (C=O) groups is 1. The van der Waals surface area contributed by atoms with E-state index in [0.717, 1.165) is 40.8 Å². The molecule has 128 valence electrons. The van der Waals surface area contributed by atoms with Crippen molar-refractivity contribution in [2.24, 2.45) is 5.92 Å². The largest absolute Gasteiger partial charge is 0.381 e. The number of benzene rings is 2. The minimum atomic E-state index is 0.0866. The van der Waals surface area contributed by atoms with E-state index < -0.39 is 0 Å². The van der Waals surface area contributed by atoms with E-state index in [-0.39, 0.29) is 11.8 Å². The van der Waals surface area contributed by atoms with Gasteiger partial charge in [-0.25, -0.2) is 4.98 Å². The Morgan fingerprint density at radius 2 is 1.88 bits per heavy atom. The Hall–Kier alpha value is -2.66. The second-order valence-electron chi connectivity index (χ2n) is 6.40. The van der Waals surface area contributed by atoms with E-state index in [4.69, 9.17) is 4.74 Å². The lowest BCUT2D eigenvalue weighted by atomic mass is 9.99. The molecule has 25 heavy (non-hydrogen) atoms. The molecule has 2 N–H and O–H groups in total. The van der Waals surface area contributed by atoms with Crippen molar-refractivity contribution in [2.45, 2.75) is 19.4 Å². The number of rotatable bonds is 4. The van der Waals surface area contributed by atoms with Crippen molar-refractivity contribution in [3.05, 3.63) is 54.1 Å². The third kappa shape index (κ3) is 3.56. The summed E-state index contributed by atoms with van der Waals surface area (Å²) in [6, 6.07) is 16.1. The van der Waals surface area contributed by atoms with Crippen molar-refractivity contribution in [3.8, 4) is 11.4 Å². The molecule has 1 aliphatic rings. The monoisotopic (exact) mass is 335 g/mol. The lowest BCUT2D eigenvalue weighted by molar-refractivity contribution is -0.128. The number of aromatic amines is 1. The molecule has 5 nitrogen and oxygen atoms in total. The maximum Gasteiger partial charge on any atom is 0.223 e. The van der Waals surface area contributed by atoms with Gasteiger partial charge >= 0.3 is 0 Å². The van der Waals surface area contributed by atoms with E-state index in [2.05, 4.69) is 15.3 Å². The first kappa shape index (κ1) is 15.8. The van der Waals surface area contributed by atoms with Crippen LogP contribution in [0.25, 0.3) is 22.4 Å². The summed E-state index contributed by atoms with van der Waals surface area (Å²) in [5.41, 5.74) is 4.12. The molecule has 5 heteroatoms. The highest BCUT2D eigenvalue weighted by atomic mass is 16.5. The highest BCUT2D eigenvalue weighted by Gasteiger charge is 2.21. The number of fused-ring (bicyclic) bond motifs is 1. The van der Waals surface area contributed by atoms with Gasteiger partial charge in [0.2, 0.25) is 5.91 Å². The van der Waals surface area contributed by atoms with Crippen LogP contribution in [-0.2, 0) is 16.1 Å². The standard InChI is InChI=1S/C20H21N3O2/c24-20(16-9-11-25-12-10-16)21-13-14-5-7-15(8-6-14)19-22-17-3-1-2-4-18(17)23-19/h1-8,16H,9-13H2,(H,21,24)(H,22,23). The van der Waals surface area contributed by atoms with E-state index in [9.17, 15) is 4.79 Å². The molecule has 1 saturated heterocycles. The maximum atomic E-state index is 12.2. The molecule has 0 radical (unpaired) electrons. The number of carbonyl (C=O) groups excluding carboxylic acids is 1. The highest BCUT2D eigenvalue weighted by Crippen LogP contribution is 2.21. The van der Waals surface area contributed by atoms with Crippen molar-refractivity contribution in [3.63, 3.8) is 0 Å². The molecule has 0 saturated carbocycles. The number of aromatic nitrogens is 2. The van der Waals surface area contributed by atoms with Crippen LogP contribution in [0.1, 0.15) is 18.4 Å². The number of ether oxygens (including phenoxy) is 1. The Morgan fingerprint density at radius 3 is 2.64 bits per heavy atom. The van der Waals surface area contributed by atoms with Crippen molar-refractivity contribution in [2.75, 3.05) is 13.2 Å². The first-order valence-electron chi connectivity index (χ1n) is 8.69. The average molecular weight is 335 g/mol. The van der Waals surface area contributed by atoms with E-state index in [1.807, 2.05) is 48.5 Å². The average Bonchev–Trinajstić information content (AvgIpc) is 3.11. The number of imidazole rings is 1. The van der Waals surface area contributed by atoms with Crippen LogP contribution in [0.5, 0.6) is 0 Å². The van der Waals surface area contributed by atoms with Crippen LogP contribution in [0.15, 0.2) is 48.5 Å². The van der Waals surface area contributed by atoms with Crippen molar-refractivity contribution in [1.82, 2.24) is 15.3 Å². The van der Waals surface area contributed by atoms with Gasteiger partial charge in [-0.3, -0.25) is 4.79 Å². The van der Waals surface area contributed by atoms with E-state index in [1.54, 1.807) is 0 Å². The van der Waals surface area contributed by atoms with Gasteiger partial charge in [0.25, 0.3) is 0 Å². The molecule has 0 bridgehead atoms. The van der Waals surface area contributed by atoms with Crippen molar-refractivity contribution >= 4 is 16.9 Å². The molecule has 1 aromatic heterocycles. The zero-order valence-corrected chi connectivity index (χ0v) is 14.0. The molecular weight excluding hydrogens is 314 g/mol. The summed E-state index contributed by atoms with van der Waals surface area (Å²) >= 11 is 0. The van der Waals surface area contributed by atoms with Crippen LogP contribution < -0.4 is 5.32 Å². The van der Waals surface area contributed by atoms with Crippen molar-refractivity contribution < 1.29 is 9.53 Å². The minimum Gasteiger partial charge on any atom is -0.381 e. The number of nitrogens with one attached hydrogen (secondary N) is 2. The summed E-state index contributed by atoms with van der Waals surface area (Å²) < 4.78 is 5.30. The van der Waals surface area contributed by atoms with Gasteiger partial charge in [0.15, 0.2) is 0 Å². The van der Waals surface area contributed by atoms with Crippen LogP contribution in [0, 0.1) is 5.92 Å². The predicted octanol–water partition coefficient (Wildman–Crippen LogP) is 3.27. The zero-order valence-electron chi connectivity index (χ0n) is 14.0. The molecule has 0 atom stereocenters. The van der Waals surface area contributed by atoms with Crippen LogP contribution in [0.3, 0.4) is 0 Å². The number of hydrogen-bond acceptors (Lipinski definition) is 3. The lowest BCUT2D eigenvalue weighted by Crippen LogP contribution is -2.33. The summed E-state index contributed by atoms with van der Waals surface area (Å²) in [5, 5.41) is 3.03. The van der Waals surface area contributed by atoms with Crippen LogP contribution in [0.2, 0.25) is 0 Å². The fourth-order valence-electron chi connectivity index (χ4n) is 3.16. The lowest BCUT2D eigenvalue weighted by Gasteiger charge is -2.21.